The molecule has 2 atom stereocenters. The molecule has 1 aliphatic rings. The fraction of sp³-hybridized carbons (Fsp3) is 0.256. The number of allylic oxidation sites excluding steroid dienone is 2. The standard InChI is InChI=1S/C39H40N2O4/c1-27(34-14-8-9-15-35(34)31-12-6-3-7-13-31)41-39(45)36(32-22-20-30(21-23-32)29-10-4-2-5-11-29)26-28-16-18-33(19-17-28)38(44)40-25-24-37(42)43/h3,6-10,12-23,27,36H,2,4-5,11,24-26H2,1H3,(H,40,44)(H,41,45)(H,42,43). The summed E-state index contributed by atoms with van der Waals surface area (Å²) in [5, 5.41) is 14.8. The number of hydrogen-bond acceptors (Lipinski definition) is 3. The van der Waals surface area contributed by atoms with Gasteiger partial charge in [-0.05, 0) is 90.1 Å². The van der Waals surface area contributed by atoms with Crippen molar-refractivity contribution in [3.05, 3.63) is 137 Å². The Labute approximate surface area is 265 Å². The molecule has 0 spiro atoms. The molecule has 0 aromatic heterocycles. The van der Waals surface area contributed by atoms with Gasteiger partial charge >= 0.3 is 5.97 Å². The van der Waals surface area contributed by atoms with Crippen LogP contribution in [-0.2, 0) is 16.0 Å². The Bertz CT molecular complexity index is 1640. The number of benzene rings is 4. The van der Waals surface area contributed by atoms with Gasteiger partial charge in [0.1, 0.15) is 0 Å². The monoisotopic (exact) mass is 600 g/mol. The molecule has 6 nitrogen and oxygen atoms in total. The average molecular weight is 601 g/mol. The molecule has 4 aromatic rings. The van der Waals surface area contributed by atoms with E-state index in [1.165, 1.54) is 24.0 Å². The summed E-state index contributed by atoms with van der Waals surface area (Å²) in [6, 6.07) is 33.7. The first-order valence-corrected chi connectivity index (χ1v) is 15.7. The molecule has 0 radical (unpaired) electrons. The van der Waals surface area contributed by atoms with Crippen molar-refractivity contribution in [3.8, 4) is 11.1 Å². The predicted octanol–water partition coefficient (Wildman–Crippen LogP) is 7.72. The minimum atomic E-state index is -0.962. The molecule has 0 aliphatic heterocycles. The summed E-state index contributed by atoms with van der Waals surface area (Å²) in [4.78, 5) is 37.3. The van der Waals surface area contributed by atoms with Gasteiger partial charge in [0, 0.05) is 12.1 Å². The zero-order valence-corrected chi connectivity index (χ0v) is 25.7. The van der Waals surface area contributed by atoms with Crippen LogP contribution in [0.25, 0.3) is 16.7 Å². The van der Waals surface area contributed by atoms with Crippen molar-refractivity contribution < 1.29 is 19.5 Å². The summed E-state index contributed by atoms with van der Waals surface area (Å²) in [5.41, 5.74) is 8.13. The lowest BCUT2D eigenvalue weighted by molar-refractivity contribution is -0.136. The Hall–Kier alpha value is -4.97. The van der Waals surface area contributed by atoms with Crippen LogP contribution in [0.2, 0.25) is 0 Å². The minimum Gasteiger partial charge on any atom is -0.481 e. The van der Waals surface area contributed by atoms with E-state index in [1.807, 2.05) is 49.4 Å². The van der Waals surface area contributed by atoms with Crippen LogP contribution in [-0.4, -0.2) is 29.4 Å². The van der Waals surface area contributed by atoms with Crippen molar-refractivity contribution in [2.75, 3.05) is 6.54 Å². The second-order valence-corrected chi connectivity index (χ2v) is 11.6. The first-order chi connectivity index (χ1) is 21.9. The van der Waals surface area contributed by atoms with Crippen LogP contribution in [0.15, 0.2) is 109 Å². The lowest BCUT2D eigenvalue weighted by atomic mass is 9.87. The van der Waals surface area contributed by atoms with E-state index in [2.05, 4.69) is 65.2 Å². The van der Waals surface area contributed by atoms with E-state index >= 15 is 0 Å². The van der Waals surface area contributed by atoms with Gasteiger partial charge in [0.2, 0.25) is 5.91 Å². The van der Waals surface area contributed by atoms with Crippen molar-refractivity contribution in [1.82, 2.24) is 10.6 Å². The van der Waals surface area contributed by atoms with Gasteiger partial charge in [-0.2, -0.15) is 0 Å². The highest BCUT2D eigenvalue weighted by atomic mass is 16.4. The summed E-state index contributed by atoms with van der Waals surface area (Å²) in [6.07, 6.45) is 7.28. The third-order valence-electron chi connectivity index (χ3n) is 8.44. The number of carbonyl (C=O) groups excluding carboxylic acids is 2. The summed E-state index contributed by atoms with van der Waals surface area (Å²) >= 11 is 0. The Kier molecular flexibility index (Phi) is 10.6. The number of carboxylic acids is 1. The Morgan fingerprint density at radius 2 is 1.51 bits per heavy atom. The molecule has 0 saturated heterocycles. The number of carboxylic acid groups (broad SMARTS) is 1. The third kappa shape index (κ3) is 8.36. The first-order valence-electron chi connectivity index (χ1n) is 15.7. The zero-order chi connectivity index (χ0) is 31.6. The lowest BCUT2D eigenvalue weighted by Crippen LogP contribution is -2.33. The number of amides is 2. The molecule has 0 saturated carbocycles. The number of hydrogen-bond donors (Lipinski definition) is 3. The Balaban J connectivity index is 1.37. The van der Waals surface area contributed by atoms with Crippen LogP contribution in [0.4, 0.5) is 0 Å². The van der Waals surface area contributed by atoms with Gasteiger partial charge in [-0.25, -0.2) is 0 Å². The van der Waals surface area contributed by atoms with Gasteiger partial charge in [0.05, 0.1) is 18.4 Å². The highest BCUT2D eigenvalue weighted by molar-refractivity contribution is 5.94. The van der Waals surface area contributed by atoms with Crippen LogP contribution in [0.1, 0.15) is 83.6 Å². The van der Waals surface area contributed by atoms with Crippen molar-refractivity contribution in [2.24, 2.45) is 0 Å². The average Bonchev–Trinajstić information content (AvgIpc) is 3.08. The molecule has 2 unspecified atom stereocenters. The maximum atomic E-state index is 14.1. The zero-order valence-electron chi connectivity index (χ0n) is 25.7. The quantitative estimate of drug-likeness (QED) is 0.155. The van der Waals surface area contributed by atoms with E-state index in [9.17, 15) is 14.4 Å². The summed E-state index contributed by atoms with van der Waals surface area (Å²) in [6.45, 7) is 2.09. The SMILES string of the molecule is CC(NC(=O)C(Cc1ccc(C(=O)NCCC(=O)O)cc1)c1ccc(C2=CCCCC2)cc1)c1ccccc1-c1ccccc1. The van der Waals surface area contributed by atoms with Crippen LogP contribution in [0.5, 0.6) is 0 Å². The van der Waals surface area contributed by atoms with E-state index in [1.54, 1.807) is 12.1 Å². The molecule has 45 heavy (non-hydrogen) atoms. The van der Waals surface area contributed by atoms with Crippen molar-refractivity contribution in [1.29, 1.82) is 0 Å². The van der Waals surface area contributed by atoms with E-state index in [0.29, 0.717) is 12.0 Å². The fourth-order valence-corrected chi connectivity index (χ4v) is 5.95. The second kappa shape index (κ2) is 15.2. The van der Waals surface area contributed by atoms with Crippen molar-refractivity contribution in [2.45, 2.75) is 57.4 Å². The van der Waals surface area contributed by atoms with Gasteiger partial charge in [-0.15, -0.1) is 0 Å². The lowest BCUT2D eigenvalue weighted by Gasteiger charge is -2.23. The van der Waals surface area contributed by atoms with Gasteiger partial charge in [0.15, 0.2) is 0 Å². The van der Waals surface area contributed by atoms with E-state index < -0.39 is 11.9 Å². The topological polar surface area (TPSA) is 95.5 Å². The van der Waals surface area contributed by atoms with Gasteiger partial charge in [-0.1, -0.05) is 97.1 Å². The highest BCUT2D eigenvalue weighted by Gasteiger charge is 2.24. The van der Waals surface area contributed by atoms with Gasteiger partial charge < -0.3 is 15.7 Å². The Morgan fingerprint density at radius 1 is 0.800 bits per heavy atom. The van der Waals surface area contributed by atoms with E-state index in [0.717, 1.165) is 40.7 Å². The molecule has 1 aliphatic carbocycles. The van der Waals surface area contributed by atoms with Gasteiger partial charge in [-0.3, -0.25) is 14.4 Å². The normalized spacial score (nSPS) is 14.1. The summed E-state index contributed by atoms with van der Waals surface area (Å²) in [5.74, 6) is -1.79. The molecule has 0 bridgehead atoms. The molecular weight excluding hydrogens is 560 g/mol. The minimum absolute atomic E-state index is 0.0644. The predicted molar refractivity (Wildman–Crippen MR) is 179 cm³/mol. The van der Waals surface area contributed by atoms with Crippen LogP contribution in [0, 0.1) is 0 Å². The maximum Gasteiger partial charge on any atom is 0.305 e. The smallest absolute Gasteiger partial charge is 0.305 e. The van der Waals surface area contributed by atoms with Crippen molar-refractivity contribution >= 4 is 23.4 Å². The molecule has 0 heterocycles. The molecule has 0 fully saturated rings. The number of carbonyl (C=O) groups is 3. The largest absolute Gasteiger partial charge is 0.481 e. The molecule has 3 N–H and O–H groups in total. The van der Waals surface area contributed by atoms with Crippen LogP contribution in [0.3, 0.4) is 0 Å². The first kappa shape index (κ1) is 31.5. The van der Waals surface area contributed by atoms with Crippen LogP contribution >= 0.6 is 0 Å². The molecule has 230 valence electrons. The number of nitrogens with one attached hydrogen (secondary N) is 2. The molecule has 4 aromatic carbocycles. The third-order valence-corrected chi connectivity index (χ3v) is 8.44. The second-order valence-electron chi connectivity index (χ2n) is 11.6. The number of aliphatic carboxylic acids is 1. The van der Waals surface area contributed by atoms with E-state index in [4.69, 9.17) is 5.11 Å². The van der Waals surface area contributed by atoms with Crippen LogP contribution < -0.4 is 10.6 Å². The van der Waals surface area contributed by atoms with Gasteiger partial charge in [0.25, 0.3) is 5.91 Å². The van der Waals surface area contributed by atoms with Crippen molar-refractivity contribution in [3.63, 3.8) is 0 Å². The molecular formula is C39H40N2O4. The molecule has 5 rings (SSSR count). The highest BCUT2D eigenvalue weighted by Crippen LogP contribution is 2.31. The number of rotatable bonds is 12. The maximum absolute atomic E-state index is 14.1. The fourth-order valence-electron chi connectivity index (χ4n) is 5.95. The molecule has 2 amide bonds. The summed E-state index contributed by atoms with van der Waals surface area (Å²) in [7, 11) is 0. The Morgan fingerprint density at radius 3 is 2.20 bits per heavy atom. The van der Waals surface area contributed by atoms with E-state index in [-0.39, 0.29) is 30.8 Å². The molecule has 6 heteroatoms. The summed E-state index contributed by atoms with van der Waals surface area (Å²) < 4.78 is 0.